The molecular weight excluding hydrogens is 607 g/mol. The molecule has 5 atom stereocenters. The Kier molecular flexibility index (Phi) is 6.43. The standard InChI is InChI=1S/C30H32ClF5N6O2/c31-19-10-16(37)9-18(21(19)30(34,35)36)23-22(33)24-20-25(42-8-1-3-17(42)12-29(5-6-29)44-26(20)38-23)40-27(39-24)43-14-28-4-2-7-41(28)13-15(32)11-28/h9-10,15,17,20,26H,1-8,11-14,37H2/t15-,17-,20?,26?,28+/m1/s1. The number of anilines is 1. The highest BCUT2D eigenvalue weighted by molar-refractivity contribution is 6.32. The molecule has 8 rings (SSSR count). The van der Waals surface area contributed by atoms with Gasteiger partial charge >= 0.3 is 12.2 Å². The molecule has 14 heteroatoms. The molecule has 6 heterocycles. The molecule has 6 aliphatic heterocycles. The summed E-state index contributed by atoms with van der Waals surface area (Å²) in [5.41, 5.74) is 2.31. The van der Waals surface area contributed by atoms with E-state index >= 15 is 4.39 Å². The number of nitrogens with zero attached hydrogens (tertiary/aromatic N) is 5. The molecule has 1 aliphatic carbocycles. The summed E-state index contributed by atoms with van der Waals surface area (Å²) in [6.45, 7) is 1.92. The first-order valence-corrected chi connectivity index (χ1v) is 15.6. The fourth-order valence-electron chi connectivity index (χ4n) is 8.20. The fraction of sp³-hybridized carbons (Fsp3) is 0.633. The van der Waals surface area contributed by atoms with Gasteiger partial charge in [-0.3, -0.25) is 4.90 Å². The number of alkyl halides is 4. The van der Waals surface area contributed by atoms with Crippen LogP contribution in [0.1, 0.15) is 62.5 Å². The Bertz CT molecular complexity index is 1540. The molecule has 8 nitrogen and oxygen atoms in total. The minimum atomic E-state index is -4.91. The maximum absolute atomic E-state index is 16.7. The van der Waals surface area contributed by atoms with E-state index in [1.165, 1.54) is 0 Å². The number of nitrogens with two attached hydrogens (primary N) is 1. The van der Waals surface area contributed by atoms with Crippen molar-refractivity contribution in [3.05, 3.63) is 39.8 Å². The third-order valence-corrected chi connectivity index (χ3v) is 10.6. The number of dihydropyridines is 1. The number of aliphatic imine (C=N–C) groups is 3. The molecule has 0 aromatic heterocycles. The van der Waals surface area contributed by atoms with Crippen LogP contribution in [0.15, 0.2) is 38.6 Å². The highest BCUT2D eigenvalue weighted by Gasteiger charge is 2.56. The number of hydrogen-bond acceptors (Lipinski definition) is 8. The summed E-state index contributed by atoms with van der Waals surface area (Å²) < 4.78 is 86.8. The third kappa shape index (κ3) is 4.55. The van der Waals surface area contributed by atoms with Crippen molar-refractivity contribution in [2.45, 2.75) is 87.1 Å². The van der Waals surface area contributed by atoms with Gasteiger partial charge in [-0.1, -0.05) is 11.6 Å². The molecule has 236 valence electrons. The predicted octanol–water partition coefficient (Wildman–Crippen LogP) is 5.65. The van der Waals surface area contributed by atoms with Crippen LogP contribution in [0.25, 0.3) is 0 Å². The van der Waals surface area contributed by atoms with E-state index in [9.17, 15) is 17.6 Å². The molecule has 1 aromatic carbocycles. The van der Waals surface area contributed by atoms with Crippen molar-refractivity contribution < 1.29 is 31.4 Å². The first kappa shape index (κ1) is 28.7. The Morgan fingerprint density at radius 1 is 1.11 bits per heavy atom. The van der Waals surface area contributed by atoms with Crippen LogP contribution < -0.4 is 5.73 Å². The summed E-state index contributed by atoms with van der Waals surface area (Å²) in [5.74, 6) is -1.43. The smallest absolute Gasteiger partial charge is 0.418 e. The van der Waals surface area contributed by atoms with Gasteiger partial charge in [-0.2, -0.15) is 23.2 Å². The lowest BCUT2D eigenvalue weighted by Crippen LogP contribution is -2.52. The number of rotatable bonds is 3. The van der Waals surface area contributed by atoms with Crippen molar-refractivity contribution in [3.63, 3.8) is 0 Å². The molecule has 0 bridgehead atoms. The first-order valence-electron chi connectivity index (χ1n) is 15.2. The van der Waals surface area contributed by atoms with E-state index in [1.807, 2.05) is 0 Å². The summed E-state index contributed by atoms with van der Waals surface area (Å²) in [4.78, 5) is 18.0. The SMILES string of the molecule is Nc1cc(Cl)c(C(F)(F)F)c(C2=NC3OC4(CC4)C[C@H]4CCCN4C4=NC(OC[C@@]56CCCN5C[C@H](F)C6)=NC(=C2F)C43)c1. The maximum Gasteiger partial charge on any atom is 0.418 e. The molecular formula is C30H32ClF5N6O2. The van der Waals surface area contributed by atoms with Crippen molar-refractivity contribution in [1.82, 2.24) is 9.80 Å². The second-order valence-electron chi connectivity index (χ2n) is 13.2. The number of nitrogen functional groups attached to an aromatic ring is 1. The number of ether oxygens (including phenoxy) is 2. The molecule has 44 heavy (non-hydrogen) atoms. The minimum Gasteiger partial charge on any atom is -0.461 e. The summed E-state index contributed by atoms with van der Waals surface area (Å²) in [6.07, 6.45) is -0.839. The Hall–Kier alpha value is -2.77. The third-order valence-electron chi connectivity index (χ3n) is 10.3. The van der Waals surface area contributed by atoms with Crippen molar-refractivity contribution in [3.8, 4) is 0 Å². The lowest BCUT2D eigenvalue weighted by atomic mass is 9.89. The monoisotopic (exact) mass is 638 g/mol. The summed E-state index contributed by atoms with van der Waals surface area (Å²) in [5, 5.41) is -0.659. The van der Waals surface area contributed by atoms with Crippen molar-refractivity contribution >= 4 is 34.9 Å². The number of hydrogen-bond donors (Lipinski definition) is 1. The Labute approximate surface area is 255 Å². The highest BCUT2D eigenvalue weighted by atomic mass is 35.5. The number of amidine groups is 2. The maximum atomic E-state index is 16.7. The lowest BCUT2D eigenvalue weighted by Gasteiger charge is -2.43. The molecule has 4 saturated heterocycles. The van der Waals surface area contributed by atoms with Gasteiger partial charge in [0.25, 0.3) is 0 Å². The Morgan fingerprint density at radius 3 is 2.70 bits per heavy atom. The Balaban J connectivity index is 1.25. The van der Waals surface area contributed by atoms with E-state index in [2.05, 4.69) is 19.8 Å². The molecule has 7 aliphatic rings. The van der Waals surface area contributed by atoms with E-state index in [0.717, 1.165) is 57.2 Å². The van der Waals surface area contributed by atoms with Gasteiger partial charge in [0.15, 0.2) is 12.1 Å². The van der Waals surface area contributed by atoms with Crippen LogP contribution in [0.2, 0.25) is 5.02 Å². The van der Waals surface area contributed by atoms with Crippen LogP contribution in [0.4, 0.5) is 27.6 Å². The van der Waals surface area contributed by atoms with Gasteiger partial charge in [-0.25, -0.2) is 13.8 Å². The van der Waals surface area contributed by atoms with Gasteiger partial charge in [0.05, 0.1) is 27.4 Å². The van der Waals surface area contributed by atoms with Crippen LogP contribution in [-0.4, -0.2) is 83.2 Å². The van der Waals surface area contributed by atoms with Gasteiger partial charge in [-0.15, -0.1) is 0 Å². The molecule has 1 aromatic rings. The largest absolute Gasteiger partial charge is 0.461 e. The zero-order valence-corrected chi connectivity index (χ0v) is 24.6. The van der Waals surface area contributed by atoms with E-state index in [0.29, 0.717) is 31.8 Å². The lowest BCUT2D eigenvalue weighted by molar-refractivity contribution is -0.137. The summed E-state index contributed by atoms with van der Waals surface area (Å²) in [6, 6.07) is 2.03. The molecule has 1 spiro atoms. The molecule has 1 saturated carbocycles. The number of allylic oxidation sites excluding steroid dienone is 1. The molecule has 0 radical (unpaired) electrons. The van der Waals surface area contributed by atoms with Gasteiger partial charge in [0, 0.05) is 36.8 Å². The average Bonchev–Trinajstić information content (AvgIpc) is 3.21. The first-order chi connectivity index (χ1) is 21.0. The predicted molar refractivity (Wildman–Crippen MR) is 154 cm³/mol. The average molecular weight is 639 g/mol. The van der Waals surface area contributed by atoms with E-state index < -0.39 is 63.3 Å². The van der Waals surface area contributed by atoms with Gasteiger partial charge in [-0.05, 0) is 63.6 Å². The van der Waals surface area contributed by atoms with Gasteiger partial charge in [0.2, 0.25) is 0 Å². The Morgan fingerprint density at radius 2 is 1.93 bits per heavy atom. The van der Waals surface area contributed by atoms with E-state index in [-0.39, 0.29) is 30.1 Å². The van der Waals surface area contributed by atoms with Crippen LogP contribution >= 0.6 is 11.6 Å². The van der Waals surface area contributed by atoms with Crippen molar-refractivity contribution in [2.75, 3.05) is 32.0 Å². The number of fused-ring (bicyclic) bond motifs is 3. The molecule has 0 amide bonds. The highest BCUT2D eigenvalue weighted by Crippen LogP contribution is 2.52. The quantitative estimate of drug-likeness (QED) is 0.342. The number of halogens is 6. The van der Waals surface area contributed by atoms with Crippen molar-refractivity contribution in [1.29, 1.82) is 0 Å². The molecule has 2 unspecified atom stereocenters. The van der Waals surface area contributed by atoms with Crippen LogP contribution in [-0.2, 0) is 15.7 Å². The minimum absolute atomic E-state index is 0.0701. The topological polar surface area (TPSA) is 88.0 Å². The molecule has 5 fully saturated rings. The van der Waals surface area contributed by atoms with Crippen LogP contribution in [0.3, 0.4) is 0 Å². The van der Waals surface area contributed by atoms with Gasteiger partial charge < -0.3 is 20.1 Å². The van der Waals surface area contributed by atoms with Crippen molar-refractivity contribution in [2.24, 2.45) is 20.9 Å². The van der Waals surface area contributed by atoms with Crippen LogP contribution in [0.5, 0.6) is 0 Å². The molecule has 2 N–H and O–H groups in total. The summed E-state index contributed by atoms with van der Waals surface area (Å²) in [7, 11) is 0. The second-order valence-corrected chi connectivity index (χ2v) is 13.6. The van der Waals surface area contributed by atoms with Crippen LogP contribution in [0, 0.1) is 5.92 Å². The number of benzene rings is 1. The normalized spacial score (nSPS) is 34.1. The fourth-order valence-corrected chi connectivity index (χ4v) is 8.53. The second kappa shape index (κ2) is 9.86. The van der Waals surface area contributed by atoms with E-state index in [4.69, 9.17) is 31.8 Å². The van der Waals surface area contributed by atoms with E-state index in [1.54, 1.807) is 0 Å². The zero-order valence-electron chi connectivity index (χ0n) is 23.8. The van der Waals surface area contributed by atoms with Gasteiger partial charge in [0.1, 0.15) is 30.2 Å². The zero-order chi connectivity index (χ0) is 30.6. The summed E-state index contributed by atoms with van der Waals surface area (Å²) >= 11 is 6.04.